The van der Waals surface area contributed by atoms with Gasteiger partial charge < -0.3 is 5.32 Å². The highest BCUT2D eigenvalue weighted by atomic mass is 32.2. The zero-order valence-electron chi connectivity index (χ0n) is 13.9. The van der Waals surface area contributed by atoms with E-state index in [-0.39, 0.29) is 17.5 Å². The SMILES string of the molecule is O=C(NCCSCc1ccccc1F)c1ccc(-c2ccc(F)cc2)s1. The van der Waals surface area contributed by atoms with Crippen LogP contribution in [0.5, 0.6) is 0 Å². The monoisotopic (exact) mass is 389 g/mol. The zero-order valence-corrected chi connectivity index (χ0v) is 15.5. The number of hydrogen-bond acceptors (Lipinski definition) is 3. The molecule has 1 N–H and O–H groups in total. The number of amides is 1. The van der Waals surface area contributed by atoms with Crippen LogP contribution in [-0.2, 0) is 5.75 Å². The van der Waals surface area contributed by atoms with Crippen molar-refractivity contribution in [1.29, 1.82) is 0 Å². The lowest BCUT2D eigenvalue weighted by molar-refractivity contribution is 0.0960. The molecule has 6 heteroatoms. The van der Waals surface area contributed by atoms with Crippen molar-refractivity contribution in [3.63, 3.8) is 0 Å². The normalized spacial score (nSPS) is 10.7. The van der Waals surface area contributed by atoms with Gasteiger partial charge in [0.25, 0.3) is 5.91 Å². The molecule has 2 aromatic carbocycles. The molecule has 1 amide bonds. The molecular weight excluding hydrogens is 372 g/mol. The number of benzene rings is 2. The number of nitrogens with one attached hydrogen (secondary N) is 1. The van der Waals surface area contributed by atoms with Gasteiger partial charge in [-0.3, -0.25) is 4.79 Å². The predicted octanol–water partition coefficient (Wildman–Crippen LogP) is 5.36. The number of halogens is 2. The van der Waals surface area contributed by atoms with E-state index in [4.69, 9.17) is 0 Å². The van der Waals surface area contributed by atoms with E-state index in [0.29, 0.717) is 28.5 Å². The van der Waals surface area contributed by atoms with E-state index in [1.165, 1.54) is 29.5 Å². The first-order valence-corrected chi connectivity index (χ1v) is 10.1. The highest BCUT2D eigenvalue weighted by Crippen LogP contribution is 2.28. The molecule has 134 valence electrons. The van der Waals surface area contributed by atoms with Crippen LogP contribution in [0.1, 0.15) is 15.2 Å². The van der Waals surface area contributed by atoms with Gasteiger partial charge >= 0.3 is 0 Å². The number of rotatable bonds is 7. The van der Waals surface area contributed by atoms with Crippen LogP contribution in [0.3, 0.4) is 0 Å². The fourth-order valence-electron chi connectivity index (χ4n) is 2.35. The Morgan fingerprint density at radius 1 is 1.00 bits per heavy atom. The lowest BCUT2D eigenvalue weighted by Gasteiger charge is -2.05. The van der Waals surface area contributed by atoms with Gasteiger partial charge in [-0.15, -0.1) is 11.3 Å². The third-order valence-electron chi connectivity index (χ3n) is 3.71. The lowest BCUT2D eigenvalue weighted by Crippen LogP contribution is -2.24. The molecular formula is C20H17F2NOS2. The molecule has 0 aliphatic rings. The fraction of sp³-hybridized carbons (Fsp3) is 0.150. The summed E-state index contributed by atoms with van der Waals surface area (Å²) in [5.74, 6) is 0.675. The molecule has 0 spiro atoms. The van der Waals surface area contributed by atoms with Crippen molar-refractivity contribution >= 4 is 29.0 Å². The smallest absolute Gasteiger partial charge is 0.261 e. The maximum absolute atomic E-state index is 13.5. The van der Waals surface area contributed by atoms with Crippen molar-refractivity contribution < 1.29 is 13.6 Å². The molecule has 0 fully saturated rings. The molecule has 0 saturated carbocycles. The Bertz CT molecular complexity index is 878. The molecule has 3 rings (SSSR count). The number of carbonyl (C=O) groups excluding carboxylic acids is 1. The molecule has 1 aromatic heterocycles. The van der Waals surface area contributed by atoms with Gasteiger partial charge in [0.2, 0.25) is 0 Å². The second kappa shape index (κ2) is 8.96. The number of carbonyl (C=O) groups is 1. The number of thiophene rings is 1. The Hall–Kier alpha value is -2.18. The van der Waals surface area contributed by atoms with Crippen LogP contribution in [0.25, 0.3) is 10.4 Å². The largest absolute Gasteiger partial charge is 0.351 e. The molecule has 1 heterocycles. The second-order valence-corrected chi connectivity index (χ2v) is 7.76. The number of thioether (sulfide) groups is 1. The van der Waals surface area contributed by atoms with E-state index < -0.39 is 0 Å². The summed E-state index contributed by atoms with van der Waals surface area (Å²) in [4.78, 5) is 13.7. The topological polar surface area (TPSA) is 29.1 Å². The third-order valence-corrected chi connectivity index (χ3v) is 5.85. The molecule has 26 heavy (non-hydrogen) atoms. The van der Waals surface area contributed by atoms with E-state index in [1.807, 2.05) is 12.1 Å². The molecule has 0 saturated heterocycles. The maximum atomic E-state index is 13.5. The van der Waals surface area contributed by atoms with E-state index in [2.05, 4.69) is 5.32 Å². The van der Waals surface area contributed by atoms with Crippen LogP contribution < -0.4 is 5.32 Å². The summed E-state index contributed by atoms with van der Waals surface area (Å²) < 4.78 is 26.5. The van der Waals surface area contributed by atoms with Gasteiger partial charge in [-0.25, -0.2) is 8.78 Å². The lowest BCUT2D eigenvalue weighted by atomic mass is 10.2. The number of hydrogen-bond donors (Lipinski definition) is 1. The van der Waals surface area contributed by atoms with Crippen molar-refractivity contribution in [2.24, 2.45) is 0 Å². The summed E-state index contributed by atoms with van der Waals surface area (Å²) in [6, 6.07) is 16.5. The van der Waals surface area contributed by atoms with Crippen molar-refractivity contribution in [1.82, 2.24) is 5.32 Å². The van der Waals surface area contributed by atoms with Crippen LogP contribution in [-0.4, -0.2) is 18.2 Å². The van der Waals surface area contributed by atoms with E-state index in [1.54, 1.807) is 42.1 Å². The fourth-order valence-corrected chi connectivity index (χ4v) is 4.12. The Kier molecular flexibility index (Phi) is 6.41. The Balaban J connectivity index is 1.45. The Morgan fingerprint density at radius 3 is 2.54 bits per heavy atom. The van der Waals surface area contributed by atoms with E-state index >= 15 is 0 Å². The van der Waals surface area contributed by atoms with Gasteiger partial charge in [-0.2, -0.15) is 11.8 Å². The van der Waals surface area contributed by atoms with Gasteiger partial charge in [0.05, 0.1) is 4.88 Å². The Morgan fingerprint density at radius 2 is 1.77 bits per heavy atom. The van der Waals surface area contributed by atoms with Crippen molar-refractivity contribution in [2.45, 2.75) is 5.75 Å². The quantitative estimate of drug-likeness (QED) is 0.552. The van der Waals surface area contributed by atoms with Crippen LogP contribution in [0.15, 0.2) is 60.7 Å². The molecule has 0 atom stereocenters. The molecule has 2 nitrogen and oxygen atoms in total. The maximum Gasteiger partial charge on any atom is 0.261 e. The summed E-state index contributed by atoms with van der Waals surface area (Å²) in [6.07, 6.45) is 0. The first-order chi connectivity index (χ1) is 12.6. The summed E-state index contributed by atoms with van der Waals surface area (Å²) in [7, 11) is 0. The average molecular weight is 389 g/mol. The van der Waals surface area contributed by atoms with E-state index in [0.717, 1.165) is 10.4 Å². The van der Waals surface area contributed by atoms with E-state index in [9.17, 15) is 13.6 Å². The third kappa shape index (κ3) is 4.93. The first kappa shape index (κ1) is 18.6. The van der Waals surface area contributed by atoms with Crippen molar-refractivity contribution in [2.75, 3.05) is 12.3 Å². The minimum Gasteiger partial charge on any atom is -0.351 e. The van der Waals surface area contributed by atoms with Gasteiger partial charge in [-0.1, -0.05) is 30.3 Å². The van der Waals surface area contributed by atoms with Crippen molar-refractivity contribution in [3.05, 3.63) is 82.7 Å². The molecule has 0 unspecified atom stereocenters. The predicted molar refractivity (Wildman–Crippen MR) is 105 cm³/mol. The summed E-state index contributed by atoms with van der Waals surface area (Å²) in [6.45, 7) is 0.516. The molecule has 0 radical (unpaired) electrons. The highest BCUT2D eigenvalue weighted by Gasteiger charge is 2.10. The van der Waals surface area contributed by atoms with Crippen LogP contribution >= 0.6 is 23.1 Å². The second-order valence-electron chi connectivity index (χ2n) is 5.57. The summed E-state index contributed by atoms with van der Waals surface area (Å²) in [5.41, 5.74) is 1.56. The average Bonchev–Trinajstić information content (AvgIpc) is 3.13. The van der Waals surface area contributed by atoms with Crippen LogP contribution in [0.4, 0.5) is 8.78 Å². The molecule has 0 bridgehead atoms. The first-order valence-electron chi connectivity index (χ1n) is 8.08. The summed E-state index contributed by atoms with van der Waals surface area (Å²) >= 11 is 2.95. The summed E-state index contributed by atoms with van der Waals surface area (Å²) in [5, 5.41) is 2.87. The molecule has 0 aliphatic carbocycles. The van der Waals surface area contributed by atoms with Gasteiger partial charge in [0.1, 0.15) is 11.6 Å². The van der Waals surface area contributed by atoms with Gasteiger partial charge in [0, 0.05) is 22.9 Å². The highest BCUT2D eigenvalue weighted by molar-refractivity contribution is 7.98. The Labute approximate surface area is 159 Å². The minimum atomic E-state index is -0.281. The van der Waals surface area contributed by atoms with Gasteiger partial charge in [-0.05, 0) is 41.5 Å². The minimum absolute atomic E-state index is 0.130. The molecule has 3 aromatic rings. The van der Waals surface area contributed by atoms with Crippen LogP contribution in [0, 0.1) is 11.6 Å². The zero-order chi connectivity index (χ0) is 18.4. The van der Waals surface area contributed by atoms with Gasteiger partial charge in [0.15, 0.2) is 0 Å². The standard InChI is InChI=1S/C20H17F2NOS2/c21-16-7-5-14(6-8-16)18-9-10-19(26-18)20(24)23-11-12-25-13-15-3-1-2-4-17(15)22/h1-10H,11-13H2,(H,23,24). The van der Waals surface area contributed by atoms with Crippen molar-refractivity contribution in [3.8, 4) is 10.4 Å². The van der Waals surface area contributed by atoms with Crippen LogP contribution in [0.2, 0.25) is 0 Å². The molecule has 0 aliphatic heterocycles.